The maximum atomic E-state index is 12.0. The zero-order chi connectivity index (χ0) is 16.8. The van der Waals surface area contributed by atoms with Crippen LogP contribution in [0.2, 0.25) is 0 Å². The van der Waals surface area contributed by atoms with E-state index in [0.717, 1.165) is 36.7 Å². The Labute approximate surface area is 142 Å². The van der Waals surface area contributed by atoms with Crippen molar-refractivity contribution >= 4 is 5.91 Å². The van der Waals surface area contributed by atoms with Crippen molar-refractivity contribution in [3.8, 4) is 5.82 Å². The summed E-state index contributed by atoms with van der Waals surface area (Å²) in [5.41, 5.74) is 1.01. The van der Waals surface area contributed by atoms with Crippen molar-refractivity contribution in [1.29, 1.82) is 0 Å². The van der Waals surface area contributed by atoms with Crippen molar-refractivity contribution in [2.75, 3.05) is 13.1 Å². The molecule has 2 aromatic rings. The van der Waals surface area contributed by atoms with Crippen LogP contribution in [0.3, 0.4) is 0 Å². The Morgan fingerprint density at radius 3 is 2.83 bits per heavy atom. The van der Waals surface area contributed by atoms with Crippen LogP contribution in [-0.4, -0.2) is 33.5 Å². The highest BCUT2D eigenvalue weighted by molar-refractivity contribution is 5.75. The molecule has 2 aromatic heterocycles. The third kappa shape index (κ3) is 4.41. The van der Waals surface area contributed by atoms with Gasteiger partial charge in [-0.25, -0.2) is 9.97 Å². The number of aromatic nitrogens is 3. The molecular weight excluding hydrogens is 302 g/mol. The van der Waals surface area contributed by atoms with Crippen LogP contribution in [-0.2, 0) is 11.3 Å². The number of carbonyl (C=O) groups excluding carboxylic acids is 1. The van der Waals surface area contributed by atoms with Gasteiger partial charge in [-0.3, -0.25) is 9.36 Å². The average Bonchev–Trinajstić information content (AvgIpc) is 3.05. The van der Waals surface area contributed by atoms with Gasteiger partial charge in [0, 0.05) is 31.6 Å². The molecule has 128 valence electrons. The Balaban J connectivity index is 1.44. The SMILES string of the molecule is Cc1nccn1-c1ccc(CNC(=O)CCC2CCNCC2)cn1. The lowest BCUT2D eigenvalue weighted by Crippen LogP contribution is -2.29. The molecule has 24 heavy (non-hydrogen) atoms. The highest BCUT2D eigenvalue weighted by Crippen LogP contribution is 2.17. The number of nitrogens with zero attached hydrogens (tertiary/aromatic N) is 3. The van der Waals surface area contributed by atoms with Gasteiger partial charge < -0.3 is 10.6 Å². The van der Waals surface area contributed by atoms with Crippen molar-refractivity contribution in [3.63, 3.8) is 0 Å². The maximum Gasteiger partial charge on any atom is 0.220 e. The lowest BCUT2D eigenvalue weighted by molar-refractivity contribution is -0.121. The summed E-state index contributed by atoms with van der Waals surface area (Å²) < 4.78 is 1.93. The van der Waals surface area contributed by atoms with Crippen LogP contribution in [0.1, 0.15) is 37.1 Å². The lowest BCUT2D eigenvalue weighted by Gasteiger charge is -2.22. The van der Waals surface area contributed by atoms with E-state index >= 15 is 0 Å². The van der Waals surface area contributed by atoms with Gasteiger partial charge in [0.25, 0.3) is 0 Å². The van der Waals surface area contributed by atoms with E-state index in [4.69, 9.17) is 0 Å². The summed E-state index contributed by atoms with van der Waals surface area (Å²) in [6, 6.07) is 3.94. The summed E-state index contributed by atoms with van der Waals surface area (Å²) in [6.07, 6.45) is 9.43. The number of pyridine rings is 1. The van der Waals surface area contributed by atoms with Crippen LogP contribution in [0.15, 0.2) is 30.7 Å². The van der Waals surface area contributed by atoms with E-state index in [1.165, 1.54) is 12.8 Å². The largest absolute Gasteiger partial charge is 0.352 e. The number of carbonyl (C=O) groups is 1. The minimum Gasteiger partial charge on any atom is -0.352 e. The molecular formula is C18H25N5O. The number of piperidine rings is 1. The third-order valence-electron chi connectivity index (χ3n) is 4.61. The van der Waals surface area contributed by atoms with Crippen molar-refractivity contribution < 1.29 is 4.79 Å². The normalized spacial score (nSPS) is 15.4. The fourth-order valence-corrected chi connectivity index (χ4v) is 3.08. The number of hydrogen-bond acceptors (Lipinski definition) is 4. The quantitative estimate of drug-likeness (QED) is 0.851. The summed E-state index contributed by atoms with van der Waals surface area (Å²) in [7, 11) is 0. The van der Waals surface area contributed by atoms with Crippen LogP contribution in [0, 0.1) is 12.8 Å². The third-order valence-corrected chi connectivity index (χ3v) is 4.61. The lowest BCUT2D eigenvalue weighted by atomic mass is 9.93. The summed E-state index contributed by atoms with van der Waals surface area (Å²) in [6.45, 7) is 4.64. The number of aryl methyl sites for hydroxylation is 1. The molecule has 3 heterocycles. The van der Waals surface area contributed by atoms with E-state index < -0.39 is 0 Å². The summed E-state index contributed by atoms with van der Waals surface area (Å²) >= 11 is 0. The second kappa shape index (κ2) is 8.06. The average molecular weight is 327 g/mol. The smallest absolute Gasteiger partial charge is 0.220 e. The predicted octanol–water partition coefficient (Wildman–Crippen LogP) is 1.97. The van der Waals surface area contributed by atoms with Gasteiger partial charge >= 0.3 is 0 Å². The Morgan fingerprint density at radius 1 is 1.33 bits per heavy atom. The Bertz CT molecular complexity index is 658. The maximum absolute atomic E-state index is 12.0. The molecule has 2 N–H and O–H groups in total. The van der Waals surface area contributed by atoms with Crippen molar-refractivity contribution in [3.05, 3.63) is 42.1 Å². The molecule has 0 aliphatic carbocycles. The Morgan fingerprint density at radius 2 is 2.17 bits per heavy atom. The molecule has 0 radical (unpaired) electrons. The molecule has 0 aromatic carbocycles. The summed E-state index contributed by atoms with van der Waals surface area (Å²) in [5, 5.41) is 6.34. The van der Waals surface area contributed by atoms with Gasteiger partial charge in [-0.2, -0.15) is 0 Å². The number of nitrogens with one attached hydrogen (secondary N) is 2. The summed E-state index contributed by atoms with van der Waals surface area (Å²) in [4.78, 5) is 20.6. The molecule has 1 amide bonds. The predicted molar refractivity (Wildman–Crippen MR) is 92.8 cm³/mol. The van der Waals surface area contributed by atoms with Crippen LogP contribution in [0.4, 0.5) is 0 Å². The molecule has 6 nitrogen and oxygen atoms in total. The minimum absolute atomic E-state index is 0.128. The molecule has 6 heteroatoms. The van der Waals surface area contributed by atoms with Crippen molar-refractivity contribution in [1.82, 2.24) is 25.2 Å². The van der Waals surface area contributed by atoms with Gasteiger partial charge in [0.05, 0.1) is 0 Å². The van der Waals surface area contributed by atoms with E-state index in [0.29, 0.717) is 18.9 Å². The molecule has 1 fully saturated rings. The monoisotopic (exact) mass is 327 g/mol. The first kappa shape index (κ1) is 16.6. The second-order valence-corrected chi connectivity index (χ2v) is 6.38. The topological polar surface area (TPSA) is 71.8 Å². The van der Waals surface area contributed by atoms with E-state index in [9.17, 15) is 4.79 Å². The first-order valence-corrected chi connectivity index (χ1v) is 8.65. The van der Waals surface area contributed by atoms with Crippen LogP contribution >= 0.6 is 0 Å². The zero-order valence-corrected chi connectivity index (χ0v) is 14.2. The molecule has 1 aliphatic rings. The van der Waals surface area contributed by atoms with E-state index in [1.807, 2.05) is 36.0 Å². The molecule has 3 rings (SSSR count). The van der Waals surface area contributed by atoms with Crippen LogP contribution < -0.4 is 10.6 Å². The minimum atomic E-state index is 0.128. The fourth-order valence-electron chi connectivity index (χ4n) is 3.08. The number of hydrogen-bond donors (Lipinski definition) is 2. The first-order chi connectivity index (χ1) is 11.7. The van der Waals surface area contributed by atoms with Gasteiger partial charge in [0.2, 0.25) is 5.91 Å². The van der Waals surface area contributed by atoms with E-state index in [2.05, 4.69) is 20.6 Å². The molecule has 0 atom stereocenters. The number of amides is 1. The standard InChI is InChI=1S/C18H25N5O/c1-14-20-10-11-23(14)17-4-2-16(12-21-17)13-22-18(24)5-3-15-6-8-19-9-7-15/h2,4,10-12,15,19H,3,5-9,13H2,1H3,(H,22,24). The number of imidazole rings is 1. The highest BCUT2D eigenvalue weighted by Gasteiger charge is 2.14. The van der Waals surface area contributed by atoms with Gasteiger partial charge in [-0.05, 0) is 56.8 Å². The molecule has 0 saturated carbocycles. The van der Waals surface area contributed by atoms with E-state index in [-0.39, 0.29) is 5.91 Å². The first-order valence-electron chi connectivity index (χ1n) is 8.65. The fraction of sp³-hybridized carbons (Fsp3) is 0.500. The van der Waals surface area contributed by atoms with E-state index in [1.54, 1.807) is 6.20 Å². The molecule has 0 unspecified atom stereocenters. The second-order valence-electron chi connectivity index (χ2n) is 6.38. The molecule has 0 bridgehead atoms. The Hall–Kier alpha value is -2.21. The number of rotatable bonds is 6. The van der Waals surface area contributed by atoms with Crippen molar-refractivity contribution in [2.45, 2.75) is 39.2 Å². The Kier molecular flexibility index (Phi) is 5.59. The molecule has 0 spiro atoms. The summed E-state index contributed by atoms with van der Waals surface area (Å²) in [5.74, 6) is 2.56. The highest BCUT2D eigenvalue weighted by atomic mass is 16.1. The van der Waals surface area contributed by atoms with Gasteiger partial charge in [0.15, 0.2) is 0 Å². The molecule has 1 saturated heterocycles. The van der Waals surface area contributed by atoms with Crippen LogP contribution in [0.5, 0.6) is 0 Å². The van der Waals surface area contributed by atoms with Crippen LogP contribution in [0.25, 0.3) is 5.82 Å². The van der Waals surface area contributed by atoms with Crippen molar-refractivity contribution in [2.24, 2.45) is 5.92 Å². The molecule has 1 aliphatic heterocycles. The zero-order valence-electron chi connectivity index (χ0n) is 14.2. The van der Waals surface area contributed by atoms with Gasteiger partial charge in [-0.15, -0.1) is 0 Å². The van der Waals surface area contributed by atoms with Gasteiger partial charge in [-0.1, -0.05) is 6.07 Å². The van der Waals surface area contributed by atoms with Gasteiger partial charge in [0.1, 0.15) is 11.6 Å².